The maximum Gasteiger partial charge on any atom is 0.309 e. The molecule has 1 N–H and O–H groups in total. The second-order valence-corrected chi connectivity index (χ2v) is 6.88. The molecule has 1 rings (SSSR count). The fraction of sp³-hybridized carbons (Fsp3) is 0.545. The number of carbonyl (C=O) groups is 1. The smallest absolute Gasteiger partial charge is 0.309 e. The molecule has 0 radical (unpaired) electrons. The van der Waals surface area contributed by atoms with Gasteiger partial charge in [-0.25, -0.2) is 0 Å². The lowest BCUT2D eigenvalue weighted by atomic mass is 9.89. The van der Waals surface area contributed by atoms with Crippen LogP contribution in [0.5, 0.6) is 0 Å². The van der Waals surface area contributed by atoms with E-state index in [0.717, 1.165) is 15.3 Å². The van der Waals surface area contributed by atoms with Crippen LogP contribution in [0.2, 0.25) is 0 Å². The number of rotatable bonds is 5. The van der Waals surface area contributed by atoms with Crippen LogP contribution in [0.15, 0.2) is 15.9 Å². The molecule has 0 aliphatic rings. The zero-order valence-electron chi connectivity index (χ0n) is 9.66. The monoisotopic (exact) mass is 305 g/mol. The van der Waals surface area contributed by atoms with Crippen molar-refractivity contribution in [1.29, 1.82) is 0 Å². The van der Waals surface area contributed by atoms with E-state index in [1.165, 1.54) is 0 Å². The maximum absolute atomic E-state index is 11.0. The van der Waals surface area contributed by atoms with Crippen LogP contribution in [0.1, 0.15) is 20.3 Å². The minimum absolute atomic E-state index is 0.633. The van der Waals surface area contributed by atoms with Gasteiger partial charge in [0.25, 0.3) is 0 Å². The molecule has 0 aromatic carbocycles. The van der Waals surface area contributed by atoms with Gasteiger partial charge in [-0.15, -0.1) is 11.3 Å². The highest BCUT2D eigenvalue weighted by Gasteiger charge is 2.27. The summed E-state index contributed by atoms with van der Waals surface area (Å²) in [5.74, 6) is -0.742. The highest BCUT2D eigenvalue weighted by molar-refractivity contribution is 9.11. The van der Waals surface area contributed by atoms with E-state index >= 15 is 0 Å². The van der Waals surface area contributed by atoms with Crippen LogP contribution in [0, 0.1) is 5.41 Å². The Morgan fingerprint density at radius 3 is 2.62 bits per heavy atom. The molecule has 0 saturated heterocycles. The Hall–Kier alpha value is -0.550. The van der Waals surface area contributed by atoms with E-state index in [1.54, 1.807) is 25.2 Å². The number of nitrogens with zero attached hydrogens (tertiary/aromatic N) is 1. The quantitative estimate of drug-likeness (QED) is 0.906. The Morgan fingerprint density at radius 2 is 2.19 bits per heavy atom. The summed E-state index contributed by atoms with van der Waals surface area (Å²) in [5, 5.41) is 10.2. The predicted molar refractivity (Wildman–Crippen MR) is 71.3 cm³/mol. The molecule has 0 aliphatic heterocycles. The molecule has 1 heterocycles. The lowest BCUT2D eigenvalue weighted by Crippen LogP contribution is -2.29. The molecule has 0 aliphatic carbocycles. The van der Waals surface area contributed by atoms with Gasteiger partial charge in [0.1, 0.15) is 0 Å². The molecule has 90 valence electrons. The van der Waals surface area contributed by atoms with Crippen molar-refractivity contribution in [2.24, 2.45) is 5.41 Å². The molecule has 5 heteroatoms. The summed E-state index contributed by atoms with van der Waals surface area (Å²) in [4.78, 5) is 13.0. The van der Waals surface area contributed by atoms with Gasteiger partial charge in [0.05, 0.1) is 14.2 Å². The normalized spacial score (nSPS) is 11.5. The molecule has 16 heavy (non-hydrogen) atoms. The third kappa shape index (κ3) is 3.49. The summed E-state index contributed by atoms with van der Waals surface area (Å²) in [5.41, 5.74) is -0.664. The van der Waals surface area contributed by atoms with Gasteiger partial charge in [-0.2, -0.15) is 0 Å². The average Bonchev–Trinajstić information content (AvgIpc) is 2.61. The molecule has 0 bridgehead atoms. The van der Waals surface area contributed by atoms with Crippen LogP contribution in [-0.4, -0.2) is 24.7 Å². The van der Waals surface area contributed by atoms with Gasteiger partial charge in [0.2, 0.25) is 0 Å². The Labute approximate surface area is 108 Å². The number of aliphatic carboxylic acids is 1. The van der Waals surface area contributed by atoms with Gasteiger partial charge in [-0.1, -0.05) is 0 Å². The standard InChI is InChI=1S/C11H16BrNO2S/c1-11(2,10(14)15)6-7-13(3)9-5-4-8(12)16-9/h4-5H,6-7H2,1-3H3,(H,14,15). The van der Waals surface area contributed by atoms with Gasteiger partial charge < -0.3 is 10.0 Å². The topological polar surface area (TPSA) is 40.5 Å². The molecule has 1 aromatic rings. The molecule has 0 saturated carbocycles. The number of carboxylic acid groups (broad SMARTS) is 1. The number of thiophene rings is 1. The van der Waals surface area contributed by atoms with Gasteiger partial charge in [0, 0.05) is 13.6 Å². The molecule has 0 atom stereocenters. The molecule has 0 amide bonds. The number of anilines is 1. The molecule has 0 spiro atoms. The zero-order chi connectivity index (χ0) is 12.3. The predicted octanol–water partition coefficient (Wildman–Crippen LogP) is 3.45. The van der Waals surface area contributed by atoms with Crippen molar-refractivity contribution in [3.63, 3.8) is 0 Å². The van der Waals surface area contributed by atoms with E-state index in [1.807, 2.05) is 19.2 Å². The first-order valence-electron chi connectivity index (χ1n) is 5.03. The fourth-order valence-electron chi connectivity index (χ4n) is 1.17. The summed E-state index contributed by atoms with van der Waals surface area (Å²) in [6.07, 6.45) is 0.633. The van der Waals surface area contributed by atoms with Gasteiger partial charge >= 0.3 is 5.97 Å². The Morgan fingerprint density at radius 1 is 1.56 bits per heavy atom. The van der Waals surface area contributed by atoms with Crippen LogP contribution in [0.4, 0.5) is 5.00 Å². The summed E-state index contributed by atoms with van der Waals surface area (Å²) in [6, 6.07) is 4.03. The van der Waals surface area contributed by atoms with E-state index in [9.17, 15) is 4.79 Å². The minimum atomic E-state index is -0.742. The second kappa shape index (κ2) is 5.19. The SMILES string of the molecule is CN(CCC(C)(C)C(=O)O)c1ccc(Br)s1. The lowest BCUT2D eigenvalue weighted by molar-refractivity contribution is -0.147. The van der Waals surface area contributed by atoms with Crippen LogP contribution < -0.4 is 4.90 Å². The van der Waals surface area contributed by atoms with Gasteiger partial charge in [-0.3, -0.25) is 4.79 Å². The third-order valence-electron chi connectivity index (χ3n) is 2.59. The third-order valence-corrected chi connectivity index (χ3v) is 4.32. The second-order valence-electron chi connectivity index (χ2n) is 4.44. The van der Waals surface area contributed by atoms with Crippen molar-refractivity contribution in [2.45, 2.75) is 20.3 Å². The maximum atomic E-state index is 11.0. The van der Waals surface area contributed by atoms with Crippen LogP contribution in [0.3, 0.4) is 0 Å². The highest BCUT2D eigenvalue weighted by atomic mass is 79.9. The molecule has 1 aromatic heterocycles. The molecule has 0 fully saturated rings. The number of carboxylic acids is 1. The van der Waals surface area contributed by atoms with Crippen molar-refractivity contribution in [3.05, 3.63) is 15.9 Å². The van der Waals surface area contributed by atoms with E-state index in [2.05, 4.69) is 20.8 Å². The van der Waals surface area contributed by atoms with Crippen LogP contribution in [-0.2, 0) is 4.79 Å². The first-order valence-corrected chi connectivity index (χ1v) is 6.64. The van der Waals surface area contributed by atoms with E-state index in [0.29, 0.717) is 6.42 Å². The summed E-state index contributed by atoms with van der Waals surface area (Å²) < 4.78 is 1.09. The van der Waals surface area contributed by atoms with Crippen molar-refractivity contribution in [2.75, 3.05) is 18.5 Å². The van der Waals surface area contributed by atoms with Gasteiger partial charge in [0.15, 0.2) is 0 Å². The van der Waals surface area contributed by atoms with Crippen LogP contribution in [0.25, 0.3) is 0 Å². The molecular weight excluding hydrogens is 290 g/mol. The van der Waals surface area contributed by atoms with E-state index in [-0.39, 0.29) is 0 Å². The zero-order valence-corrected chi connectivity index (χ0v) is 12.1. The minimum Gasteiger partial charge on any atom is -0.481 e. The summed E-state index contributed by atoms with van der Waals surface area (Å²) in [7, 11) is 1.98. The van der Waals surface area contributed by atoms with Crippen LogP contribution >= 0.6 is 27.3 Å². The number of hydrogen-bond donors (Lipinski definition) is 1. The van der Waals surface area contributed by atoms with Crippen molar-refractivity contribution >= 4 is 38.2 Å². The fourth-order valence-corrected chi connectivity index (χ4v) is 2.52. The summed E-state index contributed by atoms with van der Waals surface area (Å²) >= 11 is 5.06. The van der Waals surface area contributed by atoms with E-state index in [4.69, 9.17) is 5.11 Å². The molecule has 3 nitrogen and oxygen atoms in total. The Kier molecular flexibility index (Phi) is 4.38. The first-order chi connectivity index (χ1) is 7.33. The molecular formula is C11H16BrNO2S. The highest BCUT2D eigenvalue weighted by Crippen LogP contribution is 2.30. The summed E-state index contributed by atoms with van der Waals surface area (Å²) in [6.45, 7) is 4.26. The lowest BCUT2D eigenvalue weighted by Gasteiger charge is -2.24. The average molecular weight is 306 g/mol. The Bertz CT molecular complexity index is 376. The van der Waals surface area contributed by atoms with Crippen molar-refractivity contribution < 1.29 is 9.90 Å². The largest absolute Gasteiger partial charge is 0.481 e. The number of halogens is 1. The van der Waals surface area contributed by atoms with Gasteiger partial charge in [-0.05, 0) is 48.3 Å². The number of hydrogen-bond acceptors (Lipinski definition) is 3. The van der Waals surface area contributed by atoms with Crippen molar-refractivity contribution in [1.82, 2.24) is 0 Å². The van der Waals surface area contributed by atoms with E-state index < -0.39 is 11.4 Å². The first kappa shape index (κ1) is 13.5. The van der Waals surface area contributed by atoms with Crippen molar-refractivity contribution in [3.8, 4) is 0 Å². The molecule has 0 unspecified atom stereocenters. The Balaban J connectivity index is 2.53.